The maximum absolute atomic E-state index is 12.2. The van der Waals surface area contributed by atoms with Crippen LogP contribution in [0.5, 0.6) is 0 Å². The summed E-state index contributed by atoms with van der Waals surface area (Å²) in [6, 6.07) is 3.27. The van der Waals surface area contributed by atoms with Gasteiger partial charge in [-0.3, -0.25) is 9.59 Å². The molecule has 1 heterocycles. The zero-order chi connectivity index (χ0) is 13.7. The highest BCUT2D eigenvalue weighted by Crippen LogP contribution is 2.36. The van der Waals surface area contributed by atoms with Crippen LogP contribution in [0, 0.1) is 6.92 Å². The van der Waals surface area contributed by atoms with E-state index in [1.165, 1.54) is 0 Å². The number of rotatable bonds is 1. The second kappa shape index (κ2) is 4.25. The van der Waals surface area contributed by atoms with E-state index in [0.29, 0.717) is 15.6 Å². The maximum Gasteiger partial charge on any atom is 0.236 e. The van der Waals surface area contributed by atoms with Gasteiger partial charge in [-0.2, -0.15) is 0 Å². The van der Waals surface area contributed by atoms with Crippen molar-refractivity contribution in [3.05, 3.63) is 33.3 Å². The van der Waals surface area contributed by atoms with Crippen LogP contribution in [-0.4, -0.2) is 17.2 Å². The first-order chi connectivity index (χ1) is 8.24. The second-order valence-corrected chi connectivity index (χ2v) is 5.85. The van der Waals surface area contributed by atoms with E-state index < -0.39 is 11.5 Å². The molecule has 0 aromatic heterocycles. The lowest BCUT2D eigenvalue weighted by Gasteiger charge is -2.15. The zero-order valence-corrected chi connectivity index (χ0v) is 11.8. The average molecular weight is 286 g/mol. The van der Waals surface area contributed by atoms with Crippen LogP contribution in [0.4, 0.5) is 0 Å². The molecular weight excluding hydrogens is 273 g/mol. The van der Waals surface area contributed by atoms with Gasteiger partial charge in [0.15, 0.2) is 5.78 Å². The van der Waals surface area contributed by atoms with Crippen molar-refractivity contribution >= 4 is 34.9 Å². The highest BCUT2D eigenvalue weighted by atomic mass is 35.5. The Labute approximate surface area is 115 Å². The van der Waals surface area contributed by atoms with Crippen LogP contribution >= 0.6 is 23.2 Å². The zero-order valence-electron chi connectivity index (χ0n) is 10.3. The lowest BCUT2D eigenvalue weighted by molar-refractivity contribution is -0.125. The molecule has 1 aliphatic rings. The average Bonchev–Trinajstić information content (AvgIpc) is 2.43. The minimum atomic E-state index is -0.870. The van der Waals surface area contributed by atoms with Crippen LogP contribution < -0.4 is 5.32 Å². The molecule has 1 fully saturated rings. The van der Waals surface area contributed by atoms with E-state index in [-0.39, 0.29) is 11.7 Å². The largest absolute Gasteiger partial charge is 0.343 e. The summed E-state index contributed by atoms with van der Waals surface area (Å²) < 4.78 is 0. The summed E-state index contributed by atoms with van der Waals surface area (Å²) in [5.41, 5.74) is 0.429. The topological polar surface area (TPSA) is 46.2 Å². The van der Waals surface area contributed by atoms with Crippen molar-refractivity contribution < 1.29 is 9.59 Å². The number of aryl methyl sites for hydroxylation is 1. The van der Waals surface area contributed by atoms with Gasteiger partial charge in [0.25, 0.3) is 0 Å². The summed E-state index contributed by atoms with van der Waals surface area (Å²) in [6.45, 7) is 5.17. The molecule has 0 spiro atoms. The number of benzene rings is 1. The summed E-state index contributed by atoms with van der Waals surface area (Å²) in [4.78, 5) is 24.1. The van der Waals surface area contributed by atoms with Crippen molar-refractivity contribution in [2.24, 2.45) is 0 Å². The molecule has 1 unspecified atom stereocenters. The first-order valence-electron chi connectivity index (χ1n) is 5.56. The Bertz CT molecular complexity index is 552. The van der Waals surface area contributed by atoms with E-state index in [4.69, 9.17) is 23.2 Å². The first-order valence-corrected chi connectivity index (χ1v) is 6.31. The van der Waals surface area contributed by atoms with Crippen molar-refractivity contribution in [2.75, 3.05) is 0 Å². The fraction of sp³-hybridized carbons (Fsp3) is 0.385. The molecule has 1 atom stereocenters. The lowest BCUT2D eigenvalue weighted by Crippen LogP contribution is -2.39. The minimum absolute atomic E-state index is 0.186. The molecule has 1 saturated heterocycles. The third-order valence-electron chi connectivity index (χ3n) is 3.17. The summed E-state index contributed by atoms with van der Waals surface area (Å²) in [5, 5.41) is 3.55. The fourth-order valence-electron chi connectivity index (χ4n) is 2.09. The molecule has 18 heavy (non-hydrogen) atoms. The molecule has 2 rings (SSSR count). The number of hydrogen-bond donors (Lipinski definition) is 1. The fourth-order valence-corrected chi connectivity index (χ4v) is 2.59. The smallest absolute Gasteiger partial charge is 0.236 e. The molecule has 5 heteroatoms. The molecule has 1 aliphatic heterocycles. The van der Waals surface area contributed by atoms with Crippen molar-refractivity contribution in [3.8, 4) is 0 Å². The van der Waals surface area contributed by atoms with Gasteiger partial charge in [0.2, 0.25) is 5.91 Å². The van der Waals surface area contributed by atoms with Crippen LogP contribution in [0.1, 0.15) is 30.9 Å². The number of hydrogen-bond acceptors (Lipinski definition) is 2. The lowest BCUT2D eigenvalue weighted by atomic mass is 9.89. The van der Waals surface area contributed by atoms with Crippen molar-refractivity contribution in [2.45, 2.75) is 32.2 Å². The van der Waals surface area contributed by atoms with Crippen molar-refractivity contribution in [3.63, 3.8) is 0 Å². The summed E-state index contributed by atoms with van der Waals surface area (Å²) in [7, 11) is 0. The van der Waals surface area contributed by atoms with Crippen LogP contribution in [0.15, 0.2) is 12.1 Å². The third-order valence-corrected chi connectivity index (χ3v) is 3.90. The van der Waals surface area contributed by atoms with Crippen molar-refractivity contribution in [1.29, 1.82) is 0 Å². The Morgan fingerprint density at radius 1 is 1.17 bits per heavy atom. The molecule has 0 aliphatic carbocycles. The Morgan fingerprint density at radius 3 is 2.28 bits per heavy atom. The van der Waals surface area contributed by atoms with Gasteiger partial charge in [-0.15, -0.1) is 0 Å². The highest BCUT2D eigenvalue weighted by Gasteiger charge is 2.47. The Balaban J connectivity index is 2.53. The van der Waals surface area contributed by atoms with Gasteiger partial charge < -0.3 is 5.32 Å². The highest BCUT2D eigenvalue weighted by molar-refractivity contribution is 6.35. The Kier molecular flexibility index (Phi) is 3.16. The Hall–Kier alpha value is -1.06. The van der Waals surface area contributed by atoms with E-state index in [0.717, 1.165) is 5.56 Å². The standard InChI is InChI=1S/C13H13Cl2NO2/c1-6-4-9(15)7(5-8(6)14)10-11(17)13(2,3)16-12(10)18/h4-5,10H,1-3H3,(H,16,18). The molecule has 1 aromatic carbocycles. The molecule has 3 nitrogen and oxygen atoms in total. The van der Waals surface area contributed by atoms with Crippen LogP contribution in [0.3, 0.4) is 0 Å². The van der Waals surface area contributed by atoms with E-state index in [2.05, 4.69) is 5.32 Å². The number of nitrogens with one attached hydrogen (secondary N) is 1. The monoisotopic (exact) mass is 285 g/mol. The molecule has 0 radical (unpaired) electrons. The van der Waals surface area contributed by atoms with Crippen molar-refractivity contribution in [1.82, 2.24) is 5.32 Å². The number of amides is 1. The predicted molar refractivity (Wildman–Crippen MR) is 71.2 cm³/mol. The number of ketones is 1. The second-order valence-electron chi connectivity index (χ2n) is 5.03. The number of halogens is 2. The molecule has 1 N–H and O–H groups in total. The van der Waals surface area contributed by atoms with E-state index in [1.807, 2.05) is 6.92 Å². The van der Waals surface area contributed by atoms with E-state index in [1.54, 1.807) is 26.0 Å². The van der Waals surface area contributed by atoms with E-state index >= 15 is 0 Å². The number of Topliss-reactive ketones (excluding diaryl/α,β-unsaturated/α-hetero) is 1. The van der Waals surface area contributed by atoms with Crippen LogP contribution in [0.25, 0.3) is 0 Å². The SMILES string of the molecule is Cc1cc(Cl)c(C2C(=O)NC(C)(C)C2=O)cc1Cl. The van der Waals surface area contributed by atoms with Gasteiger partial charge in [0, 0.05) is 10.0 Å². The number of carbonyl (C=O) groups is 2. The molecule has 1 amide bonds. The summed E-state index contributed by atoms with van der Waals surface area (Å²) >= 11 is 12.1. The first kappa shape index (κ1) is 13.4. The molecule has 96 valence electrons. The molecule has 0 saturated carbocycles. The predicted octanol–water partition coefficient (Wildman–Crippen LogP) is 2.86. The Morgan fingerprint density at radius 2 is 1.78 bits per heavy atom. The molecule has 1 aromatic rings. The maximum atomic E-state index is 12.2. The third kappa shape index (κ3) is 2.02. The van der Waals surface area contributed by atoms with Gasteiger partial charge in [0.05, 0.1) is 5.54 Å². The van der Waals surface area contributed by atoms with Gasteiger partial charge in [-0.1, -0.05) is 23.2 Å². The number of carbonyl (C=O) groups excluding carboxylic acids is 2. The summed E-state index contributed by atoms with van der Waals surface area (Å²) in [5.74, 6) is -1.38. The summed E-state index contributed by atoms with van der Waals surface area (Å²) in [6.07, 6.45) is 0. The molecular formula is C13H13Cl2NO2. The van der Waals surface area contributed by atoms with E-state index in [9.17, 15) is 9.59 Å². The van der Waals surface area contributed by atoms with Gasteiger partial charge >= 0.3 is 0 Å². The van der Waals surface area contributed by atoms with Gasteiger partial charge in [0.1, 0.15) is 5.92 Å². The van der Waals surface area contributed by atoms with Gasteiger partial charge in [-0.05, 0) is 44.0 Å². The van der Waals surface area contributed by atoms with Crippen LogP contribution in [-0.2, 0) is 9.59 Å². The van der Waals surface area contributed by atoms with Gasteiger partial charge in [-0.25, -0.2) is 0 Å². The minimum Gasteiger partial charge on any atom is -0.343 e. The van der Waals surface area contributed by atoms with Crippen LogP contribution in [0.2, 0.25) is 10.0 Å². The molecule has 0 bridgehead atoms. The normalized spacial score (nSPS) is 22.2. The quantitative estimate of drug-likeness (QED) is 0.807.